The van der Waals surface area contributed by atoms with E-state index in [9.17, 15) is 14.6 Å². The Balaban J connectivity index is 2.02. The summed E-state index contributed by atoms with van der Waals surface area (Å²) in [6.45, 7) is 2.82. The third-order valence-electron chi connectivity index (χ3n) is 3.95. The molecule has 0 amide bonds. The summed E-state index contributed by atoms with van der Waals surface area (Å²) in [6, 6.07) is 6.61. The van der Waals surface area contributed by atoms with Gasteiger partial charge in [-0.1, -0.05) is 25.5 Å². The fourth-order valence-electron chi connectivity index (χ4n) is 2.63. The topological polar surface area (TPSA) is 102 Å². The van der Waals surface area contributed by atoms with Gasteiger partial charge in [0.05, 0.1) is 18.2 Å². The molecule has 3 N–H and O–H groups in total. The standard InChI is InChI=1S/C16H22NO5P/c1-2-3-7-15(23(20)21)14-9-17-13(10-22-14)11-5-4-6-12(8-11)16(18)19/h4-6,8,13-14,17H,2-3,7,9-10H2,1H3,(H,18,19)(H,20,21)/t13-,14+/m0/s1. The number of morpholine rings is 1. The molecule has 0 saturated carbocycles. The Kier molecular flexibility index (Phi) is 6.69. The Morgan fingerprint density at radius 3 is 2.87 bits per heavy atom. The predicted molar refractivity (Wildman–Crippen MR) is 87.6 cm³/mol. The first-order valence-electron chi connectivity index (χ1n) is 7.73. The van der Waals surface area contributed by atoms with Gasteiger partial charge in [-0.2, -0.15) is 4.89 Å². The van der Waals surface area contributed by atoms with Crippen molar-refractivity contribution < 1.29 is 24.4 Å². The van der Waals surface area contributed by atoms with Crippen LogP contribution < -0.4 is 10.2 Å². The van der Waals surface area contributed by atoms with Crippen molar-refractivity contribution in [1.29, 1.82) is 0 Å². The number of benzene rings is 1. The Bertz CT molecular complexity index is 578. The highest BCUT2D eigenvalue weighted by Gasteiger charge is 2.29. The Morgan fingerprint density at radius 2 is 2.30 bits per heavy atom. The SMILES string of the molecule is CCCCC([C@H]1CN[C@H](c2cccc(C(=O)O)c2)CO1)=[P+]([O-])O. The number of nitrogens with one attached hydrogen (secondary N) is 1. The molecule has 1 saturated heterocycles. The summed E-state index contributed by atoms with van der Waals surface area (Å²) >= 11 is 0. The fraction of sp³-hybridized carbons (Fsp3) is 0.500. The van der Waals surface area contributed by atoms with E-state index in [4.69, 9.17) is 9.84 Å². The van der Waals surface area contributed by atoms with Crippen LogP contribution in [-0.4, -0.2) is 40.5 Å². The van der Waals surface area contributed by atoms with Gasteiger partial charge in [0.25, 0.3) is 0 Å². The molecule has 0 spiro atoms. The molecule has 0 aliphatic carbocycles. The van der Waals surface area contributed by atoms with Gasteiger partial charge in [0.2, 0.25) is 8.00 Å². The number of carbonyl (C=O) groups is 1. The highest BCUT2D eigenvalue weighted by Crippen LogP contribution is 2.23. The molecule has 0 aromatic heterocycles. The maximum atomic E-state index is 11.5. The summed E-state index contributed by atoms with van der Waals surface area (Å²) in [5.41, 5.74) is 1.08. The van der Waals surface area contributed by atoms with E-state index >= 15 is 0 Å². The van der Waals surface area contributed by atoms with Crippen LogP contribution in [0, 0.1) is 0 Å². The van der Waals surface area contributed by atoms with Gasteiger partial charge < -0.3 is 20.1 Å². The van der Waals surface area contributed by atoms with E-state index in [0.29, 0.717) is 24.9 Å². The molecular formula is C16H22NO5P. The molecule has 0 bridgehead atoms. The zero-order valence-electron chi connectivity index (χ0n) is 13.1. The normalized spacial score (nSPS) is 22.6. The largest absolute Gasteiger partial charge is 0.603 e. The van der Waals surface area contributed by atoms with Crippen LogP contribution in [0.5, 0.6) is 0 Å². The van der Waals surface area contributed by atoms with Crippen LogP contribution in [0.3, 0.4) is 0 Å². The number of carboxylic acids is 1. The van der Waals surface area contributed by atoms with Gasteiger partial charge in [-0.15, -0.1) is 0 Å². The van der Waals surface area contributed by atoms with Crippen molar-refractivity contribution in [2.24, 2.45) is 0 Å². The minimum atomic E-state index is -2.36. The summed E-state index contributed by atoms with van der Waals surface area (Å²) in [4.78, 5) is 32.0. The smallest absolute Gasteiger partial charge is 0.335 e. The molecule has 7 heteroatoms. The molecule has 1 aromatic carbocycles. The average Bonchev–Trinajstić information content (AvgIpc) is 2.55. The van der Waals surface area contributed by atoms with E-state index < -0.39 is 14.0 Å². The number of aromatic carboxylic acids is 1. The maximum Gasteiger partial charge on any atom is 0.335 e. The molecular weight excluding hydrogens is 317 g/mol. The van der Waals surface area contributed by atoms with Crippen molar-refractivity contribution in [3.8, 4) is 0 Å². The molecule has 1 aliphatic rings. The Morgan fingerprint density at radius 1 is 1.52 bits per heavy atom. The van der Waals surface area contributed by atoms with Crippen molar-refractivity contribution in [1.82, 2.24) is 5.32 Å². The van der Waals surface area contributed by atoms with Crippen molar-refractivity contribution in [2.45, 2.75) is 38.3 Å². The minimum absolute atomic E-state index is 0.116. The third-order valence-corrected chi connectivity index (χ3v) is 4.96. The number of hydrogen-bond donors (Lipinski definition) is 3. The molecule has 23 heavy (non-hydrogen) atoms. The number of hydrogen-bond acceptors (Lipinski definition) is 5. The van der Waals surface area contributed by atoms with Crippen LogP contribution in [0.4, 0.5) is 0 Å². The number of unbranched alkanes of at least 4 members (excludes halogenated alkanes) is 1. The summed E-state index contributed by atoms with van der Waals surface area (Å²) in [5, 5.41) is 12.9. The lowest BCUT2D eigenvalue weighted by atomic mass is 10.0. The van der Waals surface area contributed by atoms with Crippen LogP contribution in [-0.2, 0) is 4.74 Å². The quantitative estimate of drug-likeness (QED) is 0.678. The second-order valence-electron chi connectivity index (χ2n) is 5.58. The summed E-state index contributed by atoms with van der Waals surface area (Å²) in [5.74, 6) is -0.964. The summed E-state index contributed by atoms with van der Waals surface area (Å²) < 4.78 is 5.78. The van der Waals surface area contributed by atoms with E-state index in [-0.39, 0.29) is 17.7 Å². The number of rotatable bonds is 6. The van der Waals surface area contributed by atoms with Crippen molar-refractivity contribution in [2.75, 3.05) is 13.2 Å². The average molecular weight is 339 g/mol. The summed E-state index contributed by atoms with van der Waals surface area (Å²) in [7, 11) is -2.36. The van der Waals surface area contributed by atoms with Crippen LogP contribution in [0.25, 0.3) is 0 Å². The van der Waals surface area contributed by atoms with E-state index in [1.54, 1.807) is 18.2 Å². The van der Waals surface area contributed by atoms with Gasteiger partial charge in [0, 0.05) is 13.0 Å². The first-order valence-corrected chi connectivity index (χ1v) is 8.94. The lowest BCUT2D eigenvalue weighted by molar-refractivity contribution is -0.168. The van der Waals surface area contributed by atoms with Gasteiger partial charge >= 0.3 is 5.97 Å². The zero-order valence-corrected chi connectivity index (χ0v) is 14.0. The fourth-order valence-corrected chi connectivity index (χ4v) is 3.40. The first kappa shape index (κ1) is 18.0. The van der Waals surface area contributed by atoms with Gasteiger partial charge in [-0.05, 0) is 24.1 Å². The first-order chi connectivity index (χ1) is 11.0. The molecule has 2 rings (SSSR count). The number of ether oxygens (including phenoxy) is 1. The Labute approximate surface area is 136 Å². The molecule has 3 atom stereocenters. The summed E-state index contributed by atoms with van der Waals surface area (Å²) in [6.07, 6.45) is 2.04. The van der Waals surface area contributed by atoms with E-state index in [1.165, 1.54) is 0 Å². The lowest BCUT2D eigenvalue weighted by Crippen LogP contribution is -2.45. The molecule has 1 fully saturated rings. The molecule has 6 nitrogen and oxygen atoms in total. The molecule has 126 valence electrons. The second kappa shape index (κ2) is 8.52. The van der Waals surface area contributed by atoms with Gasteiger partial charge in [0.1, 0.15) is 6.10 Å². The van der Waals surface area contributed by atoms with E-state index in [2.05, 4.69) is 5.32 Å². The third kappa shape index (κ3) is 4.83. The highest BCUT2D eigenvalue weighted by atomic mass is 31.1. The van der Waals surface area contributed by atoms with Crippen LogP contribution in [0.2, 0.25) is 0 Å². The maximum absolute atomic E-state index is 11.5. The molecule has 1 unspecified atom stereocenters. The van der Waals surface area contributed by atoms with Crippen molar-refractivity contribution in [3.05, 3.63) is 35.4 Å². The van der Waals surface area contributed by atoms with E-state index in [1.807, 2.05) is 13.0 Å². The second-order valence-corrected chi connectivity index (χ2v) is 6.70. The van der Waals surface area contributed by atoms with Crippen LogP contribution in [0.1, 0.15) is 48.1 Å². The van der Waals surface area contributed by atoms with E-state index in [0.717, 1.165) is 18.4 Å². The van der Waals surface area contributed by atoms with Gasteiger partial charge in [-0.3, -0.25) is 0 Å². The molecule has 0 radical (unpaired) electrons. The van der Waals surface area contributed by atoms with Crippen LogP contribution in [0.15, 0.2) is 24.3 Å². The van der Waals surface area contributed by atoms with Crippen LogP contribution >= 0.6 is 8.00 Å². The molecule has 1 aliphatic heterocycles. The lowest BCUT2D eigenvalue weighted by Gasteiger charge is -2.30. The molecule has 1 aromatic rings. The minimum Gasteiger partial charge on any atom is -0.603 e. The number of carboxylic acid groups (broad SMARTS) is 1. The molecule has 1 heterocycles. The zero-order chi connectivity index (χ0) is 16.8. The Hall–Kier alpha value is -1.30. The van der Waals surface area contributed by atoms with Crippen molar-refractivity contribution in [3.63, 3.8) is 0 Å². The monoisotopic (exact) mass is 339 g/mol. The van der Waals surface area contributed by atoms with Crippen molar-refractivity contribution >= 4 is 19.3 Å². The predicted octanol–water partition coefficient (Wildman–Crippen LogP) is 1.44. The van der Waals surface area contributed by atoms with Gasteiger partial charge in [-0.25, -0.2) is 4.79 Å². The van der Waals surface area contributed by atoms with Gasteiger partial charge in [0.15, 0.2) is 5.29 Å². The highest BCUT2D eigenvalue weighted by molar-refractivity contribution is 7.46.